The number of benzene rings is 1. The maximum absolute atomic E-state index is 13.0. The number of aromatic amines is 1. The fraction of sp³-hybridized carbons (Fsp3) is 0.292. The van der Waals surface area contributed by atoms with E-state index in [-0.39, 0.29) is 29.3 Å². The van der Waals surface area contributed by atoms with Crippen LogP contribution >= 0.6 is 0 Å². The zero-order valence-corrected chi connectivity index (χ0v) is 18.1. The summed E-state index contributed by atoms with van der Waals surface area (Å²) in [6, 6.07) is 9.55. The molecule has 1 fully saturated rings. The quantitative estimate of drug-likeness (QED) is 0.454. The molecule has 3 heterocycles. The molecule has 9 nitrogen and oxygen atoms in total. The highest BCUT2D eigenvalue weighted by atomic mass is 16.6. The number of fused-ring (bicyclic) bond motifs is 1. The van der Waals surface area contributed by atoms with Gasteiger partial charge in [0.25, 0.3) is 11.6 Å². The Balaban J connectivity index is 1.40. The maximum atomic E-state index is 13.0. The minimum absolute atomic E-state index is 0.00454. The van der Waals surface area contributed by atoms with E-state index in [1.54, 1.807) is 4.90 Å². The largest absolute Gasteiger partial charge is 0.346 e. The van der Waals surface area contributed by atoms with Crippen LogP contribution in [0.5, 0.6) is 0 Å². The molecule has 9 heteroatoms. The van der Waals surface area contributed by atoms with Crippen LogP contribution in [0.15, 0.2) is 48.7 Å². The molecule has 1 saturated carbocycles. The number of carbonyl (C=O) groups is 2. The molecule has 33 heavy (non-hydrogen) atoms. The Labute approximate surface area is 189 Å². The molecule has 1 atom stereocenters. The number of nitro groups is 1. The van der Waals surface area contributed by atoms with Gasteiger partial charge in [0.1, 0.15) is 11.5 Å². The van der Waals surface area contributed by atoms with Gasteiger partial charge in [-0.2, -0.15) is 0 Å². The number of non-ortho nitro benzene ring substituents is 1. The van der Waals surface area contributed by atoms with E-state index in [4.69, 9.17) is 0 Å². The fourth-order valence-electron chi connectivity index (χ4n) is 4.28. The third-order valence-electron chi connectivity index (χ3n) is 6.21. The first-order valence-corrected chi connectivity index (χ1v) is 10.9. The second-order valence-corrected chi connectivity index (χ2v) is 8.63. The van der Waals surface area contributed by atoms with E-state index in [9.17, 15) is 19.7 Å². The SMILES string of the molecule is C[C@@H]1CN(C(=O)c2ccc([N+](=O)[O-])cc2)CC=C1c1cc(NC(=O)C2CC2)nc2[nH]ccc12. The van der Waals surface area contributed by atoms with Crippen molar-refractivity contribution in [3.63, 3.8) is 0 Å². The molecule has 5 rings (SSSR count). The number of nitrogens with one attached hydrogen (secondary N) is 2. The number of carbonyl (C=O) groups excluding carboxylic acids is 2. The van der Waals surface area contributed by atoms with Crippen molar-refractivity contribution in [3.05, 3.63) is 69.9 Å². The monoisotopic (exact) mass is 445 g/mol. The summed E-state index contributed by atoms with van der Waals surface area (Å²) in [7, 11) is 0. The van der Waals surface area contributed by atoms with Crippen molar-refractivity contribution in [2.75, 3.05) is 18.4 Å². The first-order chi connectivity index (χ1) is 15.9. The van der Waals surface area contributed by atoms with Crippen LogP contribution in [-0.2, 0) is 4.79 Å². The number of hydrogen-bond donors (Lipinski definition) is 2. The van der Waals surface area contributed by atoms with Crippen molar-refractivity contribution in [1.82, 2.24) is 14.9 Å². The summed E-state index contributed by atoms with van der Waals surface area (Å²) < 4.78 is 0. The highest BCUT2D eigenvalue weighted by Gasteiger charge is 2.30. The van der Waals surface area contributed by atoms with Crippen LogP contribution in [-0.4, -0.2) is 44.7 Å². The number of H-pyrrole nitrogens is 1. The average Bonchev–Trinajstić information content (AvgIpc) is 3.56. The van der Waals surface area contributed by atoms with Gasteiger partial charge in [-0.25, -0.2) is 4.98 Å². The summed E-state index contributed by atoms with van der Waals surface area (Å²) in [6.07, 6.45) is 5.70. The molecule has 1 aliphatic heterocycles. The van der Waals surface area contributed by atoms with Gasteiger partial charge in [0.05, 0.1) is 4.92 Å². The van der Waals surface area contributed by atoms with E-state index >= 15 is 0 Å². The van der Waals surface area contributed by atoms with E-state index in [1.165, 1.54) is 24.3 Å². The predicted molar refractivity (Wildman–Crippen MR) is 124 cm³/mol. The van der Waals surface area contributed by atoms with Crippen molar-refractivity contribution in [2.24, 2.45) is 11.8 Å². The van der Waals surface area contributed by atoms with Crippen molar-refractivity contribution in [2.45, 2.75) is 19.8 Å². The van der Waals surface area contributed by atoms with Gasteiger partial charge in [0, 0.05) is 48.3 Å². The first-order valence-electron chi connectivity index (χ1n) is 10.9. The molecule has 0 radical (unpaired) electrons. The Morgan fingerprint density at radius 1 is 1.21 bits per heavy atom. The number of amides is 2. The van der Waals surface area contributed by atoms with Crippen LogP contribution < -0.4 is 5.32 Å². The Morgan fingerprint density at radius 3 is 2.64 bits per heavy atom. The van der Waals surface area contributed by atoms with Gasteiger partial charge >= 0.3 is 0 Å². The van der Waals surface area contributed by atoms with Crippen molar-refractivity contribution in [3.8, 4) is 0 Å². The zero-order valence-electron chi connectivity index (χ0n) is 18.1. The summed E-state index contributed by atoms with van der Waals surface area (Å²) in [4.78, 5) is 45.0. The summed E-state index contributed by atoms with van der Waals surface area (Å²) in [5.74, 6) is 0.500. The van der Waals surface area contributed by atoms with Crippen LogP contribution in [0.1, 0.15) is 35.7 Å². The van der Waals surface area contributed by atoms with E-state index in [1.807, 2.05) is 24.4 Å². The number of nitro benzene ring substituents is 1. The van der Waals surface area contributed by atoms with Crippen LogP contribution in [0.2, 0.25) is 0 Å². The summed E-state index contributed by atoms with van der Waals surface area (Å²) >= 11 is 0. The number of aromatic nitrogens is 2. The lowest BCUT2D eigenvalue weighted by atomic mass is 9.89. The normalized spacial score (nSPS) is 18.2. The maximum Gasteiger partial charge on any atom is 0.269 e. The molecule has 1 aromatic carbocycles. The Morgan fingerprint density at radius 2 is 1.97 bits per heavy atom. The molecule has 2 N–H and O–H groups in total. The minimum Gasteiger partial charge on any atom is -0.346 e. The molecule has 168 valence electrons. The van der Waals surface area contributed by atoms with Gasteiger partial charge < -0.3 is 15.2 Å². The van der Waals surface area contributed by atoms with E-state index < -0.39 is 4.92 Å². The summed E-state index contributed by atoms with van der Waals surface area (Å²) in [5, 5.41) is 14.8. The molecule has 2 amide bonds. The third-order valence-corrected chi connectivity index (χ3v) is 6.21. The molecular formula is C24H23N5O4. The van der Waals surface area contributed by atoms with Crippen LogP contribution in [0.4, 0.5) is 11.5 Å². The van der Waals surface area contributed by atoms with Crippen LogP contribution in [0.25, 0.3) is 16.6 Å². The van der Waals surface area contributed by atoms with Gasteiger partial charge in [0.2, 0.25) is 5.91 Å². The third kappa shape index (κ3) is 4.09. The van der Waals surface area contributed by atoms with Crippen LogP contribution in [0.3, 0.4) is 0 Å². The van der Waals surface area contributed by atoms with E-state index in [2.05, 4.69) is 22.2 Å². The van der Waals surface area contributed by atoms with Gasteiger partial charge in [-0.3, -0.25) is 19.7 Å². The fourth-order valence-corrected chi connectivity index (χ4v) is 4.28. The van der Waals surface area contributed by atoms with Gasteiger partial charge in [0.15, 0.2) is 0 Å². The molecule has 0 bridgehead atoms. The molecule has 0 spiro atoms. The lowest BCUT2D eigenvalue weighted by molar-refractivity contribution is -0.384. The Bertz CT molecular complexity index is 1290. The smallest absolute Gasteiger partial charge is 0.269 e. The summed E-state index contributed by atoms with van der Waals surface area (Å²) in [5.41, 5.74) is 3.17. The molecule has 2 aromatic heterocycles. The van der Waals surface area contributed by atoms with Crippen molar-refractivity contribution < 1.29 is 14.5 Å². The number of anilines is 1. The Kier molecular flexibility index (Phi) is 5.16. The highest BCUT2D eigenvalue weighted by Crippen LogP contribution is 2.35. The van der Waals surface area contributed by atoms with E-state index in [0.29, 0.717) is 30.1 Å². The molecule has 1 aliphatic carbocycles. The number of pyridine rings is 1. The number of nitrogens with zero attached hydrogens (tertiary/aromatic N) is 3. The molecule has 2 aliphatic rings. The lowest BCUT2D eigenvalue weighted by Gasteiger charge is -2.32. The second-order valence-electron chi connectivity index (χ2n) is 8.63. The van der Waals surface area contributed by atoms with Crippen molar-refractivity contribution >= 4 is 39.9 Å². The lowest BCUT2D eigenvalue weighted by Crippen LogP contribution is -2.38. The molecular weight excluding hydrogens is 422 g/mol. The topological polar surface area (TPSA) is 121 Å². The first kappa shape index (κ1) is 20.9. The van der Waals surface area contributed by atoms with Gasteiger partial charge in [-0.05, 0) is 54.2 Å². The Hall–Kier alpha value is -4.01. The van der Waals surface area contributed by atoms with Crippen LogP contribution in [0, 0.1) is 22.0 Å². The summed E-state index contributed by atoms with van der Waals surface area (Å²) in [6.45, 7) is 3.00. The standard InChI is InChI=1S/C24H23N5O4/c1-14-13-28(24(31)16-4-6-17(7-5-16)29(32)33)11-9-18(14)20-12-21(27-23(30)15-2-3-15)26-22-19(20)8-10-25-22/h4-10,12,14-15H,2-3,11,13H2,1H3,(H2,25,26,27,30)/t14-/m1/s1. The number of rotatable bonds is 5. The zero-order chi connectivity index (χ0) is 23.1. The number of hydrogen-bond acceptors (Lipinski definition) is 5. The average molecular weight is 445 g/mol. The molecule has 0 unspecified atom stereocenters. The molecule has 3 aromatic rings. The van der Waals surface area contributed by atoms with E-state index in [0.717, 1.165) is 29.4 Å². The van der Waals surface area contributed by atoms with Gasteiger partial charge in [-0.15, -0.1) is 0 Å². The predicted octanol–water partition coefficient (Wildman–Crippen LogP) is 4.00. The second kappa shape index (κ2) is 8.16. The molecule has 0 saturated heterocycles. The minimum atomic E-state index is -0.482. The van der Waals surface area contributed by atoms with Gasteiger partial charge in [-0.1, -0.05) is 13.0 Å². The van der Waals surface area contributed by atoms with Crippen molar-refractivity contribution in [1.29, 1.82) is 0 Å². The highest BCUT2D eigenvalue weighted by molar-refractivity contribution is 5.98.